The molecule has 0 unspecified atom stereocenters. The third kappa shape index (κ3) is 4.19. The van der Waals surface area contributed by atoms with Gasteiger partial charge in [-0.05, 0) is 30.3 Å². The van der Waals surface area contributed by atoms with E-state index < -0.39 is 24.0 Å². The minimum atomic E-state index is -0.863. The third-order valence-corrected chi connectivity index (χ3v) is 2.72. The molecule has 1 heterocycles. The summed E-state index contributed by atoms with van der Waals surface area (Å²) < 4.78 is 4.77. The van der Waals surface area contributed by atoms with E-state index in [1.54, 1.807) is 24.3 Å². The first-order valence-corrected chi connectivity index (χ1v) is 6.34. The smallest absolute Gasteiger partial charge is 0.344 e. The van der Waals surface area contributed by atoms with E-state index in [9.17, 15) is 14.4 Å². The number of halogens is 1. The average molecular weight is 307 g/mol. The highest BCUT2D eigenvalue weighted by atomic mass is 35.5. The number of rotatable bonds is 4. The van der Waals surface area contributed by atoms with Crippen LogP contribution in [-0.2, 0) is 9.53 Å². The lowest BCUT2D eigenvalue weighted by molar-refractivity contribution is -0.119. The van der Waals surface area contributed by atoms with Crippen molar-refractivity contribution < 1.29 is 14.3 Å². The molecule has 0 bridgehead atoms. The Bertz CT molecular complexity index is 727. The number of aromatic amines is 1. The number of benzene rings is 1. The fourth-order valence-corrected chi connectivity index (χ4v) is 1.74. The highest BCUT2D eigenvalue weighted by Gasteiger charge is 2.13. The van der Waals surface area contributed by atoms with Crippen molar-refractivity contribution in [3.05, 3.63) is 63.5 Å². The lowest BCUT2D eigenvalue weighted by Gasteiger charge is -2.06. The number of carbonyl (C=O) groups is 2. The van der Waals surface area contributed by atoms with Gasteiger partial charge < -0.3 is 15.0 Å². The Hall–Kier alpha value is -2.60. The predicted octanol–water partition coefficient (Wildman–Crippen LogP) is 1.82. The molecule has 0 aliphatic rings. The van der Waals surface area contributed by atoms with Crippen LogP contribution in [0.3, 0.4) is 0 Å². The van der Waals surface area contributed by atoms with Gasteiger partial charge in [-0.2, -0.15) is 0 Å². The van der Waals surface area contributed by atoms with Gasteiger partial charge in [0.15, 0.2) is 6.61 Å². The Kier molecular flexibility index (Phi) is 4.73. The first kappa shape index (κ1) is 14.8. The van der Waals surface area contributed by atoms with Gasteiger partial charge in [0.2, 0.25) is 0 Å². The standard InChI is InChI=1S/C14H11ClN2O4/c15-9-3-1-4-10(7-9)17-12(18)8-21-14(20)11-5-2-6-16-13(11)19/h1-7H,8H2,(H,16,19)(H,17,18). The zero-order valence-corrected chi connectivity index (χ0v) is 11.5. The zero-order chi connectivity index (χ0) is 15.2. The SMILES string of the molecule is O=C(COC(=O)c1ccc[nH]c1=O)Nc1cccc(Cl)c1. The molecule has 6 nitrogen and oxygen atoms in total. The number of ether oxygens (including phenoxy) is 1. The van der Waals surface area contributed by atoms with Crippen molar-refractivity contribution in [2.24, 2.45) is 0 Å². The number of hydrogen-bond acceptors (Lipinski definition) is 4. The molecule has 21 heavy (non-hydrogen) atoms. The number of carbonyl (C=O) groups excluding carboxylic acids is 2. The predicted molar refractivity (Wildman–Crippen MR) is 77.4 cm³/mol. The molecule has 7 heteroatoms. The van der Waals surface area contributed by atoms with Crippen LogP contribution in [0.25, 0.3) is 0 Å². The van der Waals surface area contributed by atoms with Gasteiger partial charge >= 0.3 is 5.97 Å². The second kappa shape index (κ2) is 6.71. The van der Waals surface area contributed by atoms with Gasteiger partial charge in [0, 0.05) is 16.9 Å². The van der Waals surface area contributed by atoms with Crippen LogP contribution >= 0.6 is 11.6 Å². The highest BCUT2D eigenvalue weighted by molar-refractivity contribution is 6.30. The fraction of sp³-hybridized carbons (Fsp3) is 0.0714. The normalized spacial score (nSPS) is 9.95. The van der Waals surface area contributed by atoms with E-state index in [1.165, 1.54) is 18.3 Å². The topological polar surface area (TPSA) is 88.3 Å². The van der Waals surface area contributed by atoms with Crippen LogP contribution < -0.4 is 10.9 Å². The molecule has 0 saturated carbocycles. The molecule has 108 valence electrons. The van der Waals surface area contributed by atoms with Crippen LogP contribution in [-0.4, -0.2) is 23.5 Å². The number of esters is 1. The van der Waals surface area contributed by atoms with Gasteiger partial charge in [-0.1, -0.05) is 17.7 Å². The van der Waals surface area contributed by atoms with Gasteiger partial charge in [0.1, 0.15) is 5.56 Å². The van der Waals surface area contributed by atoms with Gasteiger partial charge in [-0.25, -0.2) is 4.79 Å². The highest BCUT2D eigenvalue weighted by Crippen LogP contribution is 2.14. The number of hydrogen-bond donors (Lipinski definition) is 2. The molecule has 0 fully saturated rings. The van der Waals surface area contributed by atoms with Crippen molar-refractivity contribution in [1.29, 1.82) is 0 Å². The quantitative estimate of drug-likeness (QED) is 0.843. The van der Waals surface area contributed by atoms with Crippen molar-refractivity contribution in [2.45, 2.75) is 0 Å². The van der Waals surface area contributed by atoms with Crippen molar-refractivity contribution >= 4 is 29.2 Å². The molecule has 0 aliphatic carbocycles. The Labute approximate surface area is 124 Å². The lowest BCUT2D eigenvalue weighted by Crippen LogP contribution is -2.24. The fourth-order valence-electron chi connectivity index (χ4n) is 1.55. The van der Waals surface area contributed by atoms with E-state index in [-0.39, 0.29) is 5.56 Å². The number of amides is 1. The Morgan fingerprint density at radius 3 is 2.76 bits per heavy atom. The second-order valence-electron chi connectivity index (χ2n) is 4.05. The maximum Gasteiger partial charge on any atom is 0.344 e. The molecule has 1 amide bonds. The molecule has 0 radical (unpaired) electrons. The molecule has 2 rings (SSSR count). The molecule has 0 atom stereocenters. The Morgan fingerprint density at radius 1 is 1.24 bits per heavy atom. The summed E-state index contributed by atoms with van der Waals surface area (Å²) in [5.41, 5.74) is -0.244. The Morgan fingerprint density at radius 2 is 2.05 bits per heavy atom. The van der Waals surface area contributed by atoms with Crippen molar-refractivity contribution in [2.75, 3.05) is 11.9 Å². The molecular weight excluding hydrogens is 296 g/mol. The van der Waals surface area contributed by atoms with Gasteiger partial charge in [0.25, 0.3) is 11.5 Å². The largest absolute Gasteiger partial charge is 0.452 e. The van der Waals surface area contributed by atoms with E-state index in [4.69, 9.17) is 16.3 Å². The monoisotopic (exact) mass is 306 g/mol. The minimum absolute atomic E-state index is 0.159. The van der Waals surface area contributed by atoms with E-state index in [1.807, 2.05) is 0 Å². The summed E-state index contributed by atoms with van der Waals surface area (Å²) in [6.45, 7) is -0.500. The van der Waals surface area contributed by atoms with E-state index in [2.05, 4.69) is 10.3 Å². The maximum absolute atomic E-state index is 11.6. The minimum Gasteiger partial charge on any atom is -0.452 e. The van der Waals surface area contributed by atoms with Crippen LogP contribution in [0.1, 0.15) is 10.4 Å². The van der Waals surface area contributed by atoms with E-state index in [0.717, 1.165) is 0 Å². The maximum atomic E-state index is 11.6. The summed E-state index contributed by atoms with van der Waals surface area (Å²) in [6.07, 6.45) is 1.39. The van der Waals surface area contributed by atoms with Crippen LogP contribution in [0.15, 0.2) is 47.4 Å². The first-order valence-electron chi connectivity index (χ1n) is 5.96. The number of nitrogens with one attached hydrogen (secondary N) is 2. The van der Waals surface area contributed by atoms with Crippen LogP contribution in [0, 0.1) is 0 Å². The molecule has 0 saturated heterocycles. The lowest BCUT2D eigenvalue weighted by atomic mass is 10.3. The number of pyridine rings is 1. The summed E-state index contributed by atoms with van der Waals surface area (Å²) in [4.78, 5) is 37.0. The number of anilines is 1. The summed E-state index contributed by atoms with van der Waals surface area (Å²) in [7, 11) is 0. The van der Waals surface area contributed by atoms with Crippen LogP contribution in [0.4, 0.5) is 5.69 Å². The summed E-state index contributed by atoms with van der Waals surface area (Å²) in [5.74, 6) is -1.39. The van der Waals surface area contributed by atoms with Crippen LogP contribution in [0.2, 0.25) is 5.02 Å². The van der Waals surface area contributed by atoms with Gasteiger partial charge in [-0.15, -0.1) is 0 Å². The van der Waals surface area contributed by atoms with Crippen LogP contribution in [0.5, 0.6) is 0 Å². The molecule has 1 aromatic carbocycles. The number of aromatic nitrogens is 1. The molecule has 0 spiro atoms. The van der Waals surface area contributed by atoms with E-state index >= 15 is 0 Å². The summed E-state index contributed by atoms with van der Waals surface area (Å²) in [5, 5.41) is 2.99. The average Bonchev–Trinajstić information content (AvgIpc) is 2.45. The molecule has 2 N–H and O–H groups in total. The van der Waals surface area contributed by atoms with E-state index in [0.29, 0.717) is 10.7 Å². The third-order valence-electron chi connectivity index (χ3n) is 2.48. The molecule has 2 aromatic rings. The van der Waals surface area contributed by atoms with Gasteiger partial charge in [-0.3, -0.25) is 9.59 Å². The van der Waals surface area contributed by atoms with Crippen molar-refractivity contribution in [3.63, 3.8) is 0 Å². The molecular formula is C14H11ClN2O4. The summed E-state index contributed by atoms with van der Waals surface area (Å²) in [6, 6.07) is 9.35. The second-order valence-corrected chi connectivity index (χ2v) is 4.48. The molecule has 0 aliphatic heterocycles. The Balaban J connectivity index is 1.91. The van der Waals surface area contributed by atoms with Gasteiger partial charge in [0.05, 0.1) is 0 Å². The first-order chi connectivity index (χ1) is 10.1. The molecule has 1 aromatic heterocycles. The summed E-state index contributed by atoms with van der Waals surface area (Å²) >= 11 is 5.78. The van der Waals surface area contributed by atoms with Crippen molar-refractivity contribution in [1.82, 2.24) is 4.98 Å². The zero-order valence-electron chi connectivity index (χ0n) is 10.8. The number of H-pyrrole nitrogens is 1. The van der Waals surface area contributed by atoms with Crippen molar-refractivity contribution in [3.8, 4) is 0 Å².